The highest BCUT2D eigenvalue weighted by Gasteiger charge is 2.52. The zero-order chi connectivity index (χ0) is 43.8. The number of hydrogen-bond donors (Lipinski definition) is 0. The molecule has 0 N–H and O–H groups in total. The van der Waals surface area contributed by atoms with Crippen molar-refractivity contribution in [3.63, 3.8) is 0 Å². The van der Waals surface area contributed by atoms with Crippen LogP contribution in [-0.2, 0) is 22.7 Å². The Morgan fingerprint density at radius 1 is 0.623 bits per heavy atom. The first-order valence-corrected chi connectivity index (χ1v) is 21.3. The fourth-order valence-electron chi connectivity index (χ4n) is 9.32. The van der Waals surface area contributed by atoms with Crippen molar-refractivity contribution in [2.75, 3.05) is 9.80 Å². The Morgan fingerprint density at radius 3 is 1.67 bits per heavy atom. The lowest BCUT2D eigenvalue weighted by atomic mass is 9.37. The third-order valence-corrected chi connectivity index (χ3v) is 12.4. The summed E-state index contributed by atoms with van der Waals surface area (Å²) in [5.41, 5.74) is 11.7. The molecule has 0 atom stereocenters. The van der Waals surface area contributed by atoms with E-state index in [0.717, 1.165) is 72.8 Å². The third kappa shape index (κ3) is 6.79. The summed E-state index contributed by atoms with van der Waals surface area (Å²) in [5.74, 6) is 0.459. The SMILES string of the molecule is CC(C)(C)C1=CC=CCc2c1oc1c2N(c2ccc(C(C)(C)C)cc2)c2cc(OC(F)(F)F)cc3c2B1c1oc2c(C(C)(C)C)cccc2c1N3c1ccc(C(C)(C)C)cc1. The number of hydrogen-bond acceptors (Lipinski definition) is 5. The van der Waals surface area contributed by atoms with Crippen LogP contribution in [0.15, 0.2) is 106 Å². The van der Waals surface area contributed by atoms with E-state index in [0.29, 0.717) is 29.1 Å². The van der Waals surface area contributed by atoms with Crippen LogP contribution < -0.4 is 31.3 Å². The van der Waals surface area contributed by atoms with E-state index in [1.807, 2.05) is 6.07 Å². The number of rotatable bonds is 3. The number of allylic oxidation sites excluding steroid dienone is 4. The molecule has 5 nitrogen and oxygen atoms in total. The second kappa shape index (κ2) is 13.5. The lowest BCUT2D eigenvalue weighted by Gasteiger charge is -2.41. The Morgan fingerprint density at radius 2 is 1.16 bits per heavy atom. The number of fused-ring (bicyclic) bond motifs is 8. The summed E-state index contributed by atoms with van der Waals surface area (Å²) in [4.78, 5) is 4.17. The monoisotopic (exact) mass is 822 g/mol. The number of ether oxygens (including phenoxy) is 1. The molecule has 314 valence electrons. The molecule has 0 bridgehead atoms. The van der Waals surface area contributed by atoms with Gasteiger partial charge >= 0.3 is 13.1 Å². The third-order valence-electron chi connectivity index (χ3n) is 12.4. The lowest BCUT2D eigenvalue weighted by molar-refractivity contribution is -0.274. The van der Waals surface area contributed by atoms with Crippen molar-refractivity contribution < 1.29 is 26.7 Å². The van der Waals surface area contributed by atoms with Gasteiger partial charge in [-0.1, -0.05) is 138 Å². The maximum Gasteiger partial charge on any atom is 0.573 e. The molecule has 61 heavy (non-hydrogen) atoms. The van der Waals surface area contributed by atoms with E-state index in [1.165, 1.54) is 6.07 Å². The minimum Gasteiger partial charge on any atom is -0.468 e. The Balaban J connectivity index is 1.44. The molecule has 4 aromatic carbocycles. The van der Waals surface area contributed by atoms with E-state index in [2.05, 4.69) is 172 Å². The Kier molecular flexibility index (Phi) is 9.01. The summed E-state index contributed by atoms with van der Waals surface area (Å²) in [5, 5.41) is 0.866. The van der Waals surface area contributed by atoms with Gasteiger partial charge < -0.3 is 23.4 Å². The van der Waals surface area contributed by atoms with E-state index >= 15 is 0 Å². The molecule has 3 aliphatic rings. The van der Waals surface area contributed by atoms with Crippen molar-refractivity contribution in [1.82, 2.24) is 0 Å². The quantitative estimate of drug-likeness (QED) is 0.166. The predicted molar refractivity (Wildman–Crippen MR) is 246 cm³/mol. The van der Waals surface area contributed by atoms with E-state index in [4.69, 9.17) is 13.6 Å². The molecule has 0 unspecified atom stereocenters. The molecule has 9 rings (SSSR count). The number of alkyl halides is 3. The number of benzene rings is 4. The van der Waals surface area contributed by atoms with E-state index in [-0.39, 0.29) is 27.4 Å². The molecule has 2 aromatic heterocycles. The number of anilines is 6. The highest BCUT2D eigenvalue weighted by molar-refractivity contribution is 6.99. The van der Waals surface area contributed by atoms with Gasteiger partial charge in [0.2, 0.25) is 0 Å². The van der Waals surface area contributed by atoms with Gasteiger partial charge in [-0.2, -0.15) is 0 Å². The van der Waals surface area contributed by atoms with Crippen molar-refractivity contribution in [2.45, 2.75) is 112 Å². The molecule has 0 saturated heterocycles. The van der Waals surface area contributed by atoms with Crippen LogP contribution in [0.5, 0.6) is 5.75 Å². The molecular formula is C52H54BF3N2O3. The van der Waals surface area contributed by atoms with Gasteiger partial charge in [-0.05, 0) is 75.0 Å². The average Bonchev–Trinajstić information content (AvgIpc) is 3.63. The maximum absolute atomic E-state index is 14.5. The van der Waals surface area contributed by atoms with Crippen LogP contribution in [0.1, 0.15) is 111 Å². The fourth-order valence-corrected chi connectivity index (χ4v) is 9.32. The van der Waals surface area contributed by atoms with Gasteiger partial charge in [-0.25, -0.2) is 0 Å². The molecule has 9 heteroatoms. The highest BCUT2D eigenvalue weighted by atomic mass is 19.4. The topological polar surface area (TPSA) is 42.0 Å². The molecule has 0 radical (unpaired) electrons. The zero-order valence-corrected chi connectivity index (χ0v) is 37.3. The van der Waals surface area contributed by atoms with Gasteiger partial charge in [0, 0.05) is 57.0 Å². The predicted octanol–water partition coefficient (Wildman–Crippen LogP) is 13.4. The fraction of sp³-hybridized carbons (Fsp3) is 0.346. The van der Waals surface area contributed by atoms with Gasteiger partial charge in [-0.3, -0.25) is 0 Å². The van der Waals surface area contributed by atoms with Crippen molar-refractivity contribution in [1.29, 1.82) is 0 Å². The first kappa shape index (κ1) is 40.8. The summed E-state index contributed by atoms with van der Waals surface area (Å²) in [6.07, 6.45) is 1.95. The second-order valence-corrected chi connectivity index (χ2v) is 21.0. The number of furan rings is 2. The first-order valence-electron chi connectivity index (χ1n) is 21.3. The van der Waals surface area contributed by atoms with Crippen molar-refractivity contribution >= 4 is 74.2 Å². The smallest absolute Gasteiger partial charge is 0.468 e. The van der Waals surface area contributed by atoms with Crippen LogP contribution in [0.25, 0.3) is 16.5 Å². The Hall–Kier alpha value is -5.57. The van der Waals surface area contributed by atoms with E-state index < -0.39 is 13.1 Å². The highest BCUT2D eigenvalue weighted by Crippen LogP contribution is 2.52. The van der Waals surface area contributed by atoms with Crippen molar-refractivity contribution in [3.8, 4) is 5.75 Å². The van der Waals surface area contributed by atoms with Crippen LogP contribution in [-0.4, -0.2) is 13.1 Å². The van der Waals surface area contributed by atoms with Gasteiger partial charge in [-0.15, -0.1) is 13.2 Å². The number of nitrogens with zero attached hydrogens (tertiary/aromatic N) is 2. The molecule has 6 aromatic rings. The van der Waals surface area contributed by atoms with Gasteiger partial charge in [0.15, 0.2) is 0 Å². The molecule has 0 saturated carbocycles. The van der Waals surface area contributed by atoms with Crippen LogP contribution in [0.3, 0.4) is 0 Å². The zero-order valence-electron chi connectivity index (χ0n) is 37.3. The minimum absolute atomic E-state index is 0.118. The normalized spacial score (nSPS) is 15.3. The largest absolute Gasteiger partial charge is 0.573 e. The van der Waals surface area contributed by atoms with Gasteiger partial charge in [0.1, 0.15) is 28.4 Å². The Labute approximate surface area is 358 Å². The molecule has 1 aliphatic carbocycles. The van der Waals surface area contributed by atoms with Crippen molar-refractivity contribution in [3.05, 3.63) is 125 Å². The van der Waals surface area contributed by atoms with Crippen molar-refractivity contribution in [2.24, 2.45) is 5.41 Å². The van der Waals surface area contributed by atoms with Crippen LogP contribution in [0.2, 0.25) is 0 Å². The molecule has 0 spiro atoms. The number of halogens is 3. The maximum atomic E-state index is 14.5. The lowest BCUT2D eigenvalue weighted by Crippen LogP contribution is -2.60. The standard InChI is InChI=1S/C52H54BF3N2O3/c1-48(2,3)30-20-24-32(25-21-30)57-39-28-34(61-52(54,55)56)29-40-41(39)53(46-42(57)35-16-13-14-18-37(44(35)59-46)50(7,8)9)47-43(36-17-15-19-38(45(36)60-47)51(10,11)12)58(40)33-26-22-31(23-27-33)49(4,5)6/h13-15,17-29H,16H2,1-12H3. The number of para-hydroxylation sites is 1. The summed E-state index contributed by atoms with van der Waals surface area (Å²) in [6, 6.07) is 25.9. The second-order valence-electron chi connectivity index (χ2n) is 21.0. The van der Waals surface area contributed by atoms with E-state index in [1.54, 1.807) is 6.07 Å². The Bertz CT molecular complexity index is 2780. The van der Waals surface area contributed by atoms with Crippen LogP contribution in [0, 0.1) is 5.41 Å². The van der Waals surface area contributed by atoms with E-state index in [9.17, 15) is 13.2 Å². The van der Waals surface area contributed by atoms with Gasteiger partial charge in [0.05, 0.1) is 11.4 Å². The molecule has 4 heterocycles. The minimum atomic E-state index is -4.94. The molecule has 0 amide bonds. The summed E-state index contributed by atoms with van der Waals surface area (Å²) in [6.45, 7) is 25.4. The first-order chi connectivity index (χ1) is 28.4. The molecular weight excluding hydrogens is 768 g/mol. The molecule has 0 fully saturated rings. The van der Waals surface area contributed by atoms with Crippen LogP contribution in [0.4, 0.5) is 47.3 Å². The van der Waals surface area contributed by atoms with Gasteiger partial charge in [0.25, 0.3) is 0 Å². The summed E-state index contributed by atoms with van der Waals surface area (Å²) >= 11 is 0. The molecule has 2 aliphatic heterocycles. The summed E-state index contributed by atoms with van der Waals surface area (Å²) < 4.78 is 63.1. The average molecular weight is 823 g/mol. The summed E-state index contributed by atoms with van der Waals surface area (Å²) in [7, 11) is 0. The van der Waals surface area contributed by atoms with Crippen LogP contribution >= 0.6 is 0 Å².